The van der Waals surface area contributed by atoms with E-state index in [0.717, 1.165) is 0 Å². The molecule has 110 valence electrons. The molecule has 0 aliphatic heterocycles. The number of nitrogens with two attached hydrogens (primary N) is 3. The predicted octanol–water partition coefficient (Wildman–Crippen LogP) is -1.47. The first kappa shape index (κ1) is 15.8. The van der Waals surface area contributed by atoms with Crippen molar-refractivity contribution in [2.24, 2.45) is 11.5 Å². The molecule has 9 heteroatoms. The maximum Gasteiger partial charge on any atom is 0.354 e. The molecular formula is C11H18N6O3. The molecule has 1 atom stereocenters. The van der Waals surface area contributed by atoms with Crippen molar-refractivity contribution in [1.29, 1.82) is 0 Å². The van der Waals surface area contributed by atoms with Crippen LogP contribution in [0.25, 0.3) is 0 Å². The van der Waals surface area contributed by atoms with Crippen LogP contribution in [-0.4, -0.2) is 40.0 Å². The molecule has 8 N–H and O–H groups in total. The van der Waals surface area contributed by atoms with Gasteiger partial charge in [0.15, 0.2) is 5.69 Å². The first-order valence-electron chi connectivity index (χ1n) is 5.95. The van der Waals surface area contributed by atoms with Gasteiger partial charge >= 0.3 is 5.97 Å². The number of aromatic nitrogens is 2. The summed E-state index contributed by atoms with van der Waals surface area (Å²) < 4.78 is 0. The lowest BCUT2D eigenvalue weighted by atomic mass is 10.1. The monoisotopic (exact) mass is 282 g/mol. The average Bonchev–Trinajstić information content (AvgIpc) is 2.36. The van der Waals surface area contributed by atoms with E-state index in [9.17, 15) is 9.59 Å². The molecule has 0 unspecified atom stereocenters. The van der Waals surface area contributed by atoms with Gasteiger partial charge in [0, 0.05) is 25.1 Å². The van der Waals surface area contributed by atoms with Crippen LogP contribution in [0.3, 0.4) is 0 Å². The van der Waals surface area contributed by atoms with Crippen LogP contribution in [-0.2, 0) is 4.79 Å². The summed E-state index contributed by atoms with van der Waals surface area (Å²) in [5.74, 6) is -1.62. The fraction of sp³-hybridized carbons (Fsp3) is 0.455. The second-order valence-electron chi connectivity index (χ2n) is 4.21. The number of amides is 1. The van der Waals surface area contributed by atoms with E-state index in [-0.39, 0.29) is 29.3 Å². The summed E-state index contributed by atoms with van der Waals surface area (Å²) in [6.45, 7) is 2.25. The molecule has 0 radical (unpaired) electrons. The van der Waals surface area contributed by atoms with Gasteiger partial charge in [0.05, 0.1) is 6.04 Å². The van der Waals surface area contributed by atoms with Crippen LogP contribution in [0.5, 0.6) is 0 Å². The summed E-state index contributed by atoms with van der Waals surface area (Å²) in [6, 6.07) is -0.628. The summed E-state index contributed by atoms with van der Waals surface area (Å²) in [5.41, 5.74) is 16.3. The van der Waals surface area contributed by atoms with E-state index in [1.807, 2.05) is 0 Å². The van der Waals surface area contributed by atoms with Crippen molar-refractivity contribution in [3.05, 3.63) is 17.1 Å². The van der Waals surface area contributed by atoms with Crippen molar-refractivity contribution in [2.75, 3.05) is 18.8 Å². The zero-order chi connectivity index (χ0) is 15.3. The van der Waals surface area contributed by atoms with Gasteiger partial charge < -0.3 is 27.6 Å². The topological polar surface area (TPSA) is 170 Å². The number of nitrogens with zero attached hydrogens (tertiary/aromatic N) is 2. The number of hydrogen-bond donors (Lipinski definition) is 5. The number of carboxylic acid groups (broad SMARTS) is 1. The van der Waals surface area contributed by atoms with E-state index in [4.69, 9.17) is 22.3 Å². The van der Waals surface area contributed by atoms with Crippen LogP contribution in [0.4, 0.5) is 5.82 Å². The van der Waals surface area contributed by atoms with Crippen molar-refractivity contribution in [2.45, 2.75) is 19.4 Å². The first-order valence-corrected chi connectivity index (χ1v) is 5.95. The maximum absolute atomic E-state index is 11.1. The molecule has 0 bridgehead atoms. The third kappa shape index (κ3) is 3.87. The number of aromatic carboxylic acids is 1. The Kier molecular flexibility index (Phi) is 5.35. The number of nitrogen functional groups attached to an aromatic ring is 1. The van der Waals surface area contributed by atoms with E-state index >= 15 is 0 Å². The molecule has 0 saturated carbocycles. The molecule has 1 heterocycles. The van der Waals surface area contributed by atoms with Gasteiger partial charge in [-0.15, -0.1) is 0 Å². The Morgan fingerprint density at radius 2 is 2.05 bits per heavy atom. The molecule has 0 aliphatic rings. The van der Waals surface area contributed by atoms with Crippen LogP contribution >= 0.6 is 0 Å². The predicted molar refractivity (Wildman–Crippen MR) is 71.8 cm³/mol. The fourth-order valence-electron chi connectivity index (χ4n) is 1.63. The molecule has 0 aliphatic carbocycles. The van der Waals surface area contributed by atoms with Crippen LogP contribution in [0.2, 0.25) is 0 Å². The summed E-state index contributed by atoms with van der Waals surface area (Å²) >= 11 is 0. The maximum atomic E-state index is 11.1. The van der Waals surface area contributed by atoms with Gasteiger partial charge in [-0.25, -0.2) is 14.8 Å². The Morgan fingerprint density at radius 3 is 2.55 bits per heavy atom. The van der Waals surface area contributed by atoms with Gasteiger partial charge in [-0.3, -0.25) is 4.79 Å². The van der Waals surface area contributed by atoms with Gasteiger partial charge in [-0.2, -0.15) is 0 Å². The summed E-state index contributed by atoms with van der Waals surface area (Å²) in [4.78, 5) is 30.1. The highest BCUT2D eigenvalue weighted by molar-refractivity contribution is 5.88. The Morgan fingerprint density at radius 1 is 1.40 bits per heavy atom. The molecule has 1 aromatic heterocycles. The molecule has 0 saturated heterocycles. The van der Waals surface area contributed by atoms with E-state index in [1.165, 1.54) is 6.92 Å². The van der Waals surface area contributed by atoms with Crippen molar-refractivity contribution in [3.63, 3.8) is 0 Å². The SMILES string of the molecule is Cc1c(N)nc([C@H](CC(N)=O)NCCN)nc1C(=O)O. The highest BCUT2D eigenvalue weighted by atomic mass is 16.4. The average molecular weight is 282 g/mol. The molecule has 0 aromatic carbocycles. The molecular weight excluding hydrogens is 264 g/mol. The molecule has 0 spiro atoms. The Bertz CT molecular complexity index is 519. The van der Waals surface area contributed by atoms with Crippen molar-refractivity contribution < 1.29 is 14.7 Å². The molecule has 9 nitrogen and oxygen atoms in total. The quantitative estimate of drug-likeness (QED) is 0.403. The first-order chi connectivity index (χ1) is 9.36. The Hall–Kier alpha value is -2.26. The normalized spacial score (nSPS) is 12.1. The van der Waals surface area contributed by atoms with E-state index in [0.29, 0.717) is 13.1 Å². The number of carbonyl (C=O) groups is 2. The lowest BCUT2D eigenvalue weighted by Gasteiger charge is -2.17. The number of carbonyl (C=O) groups excluding carboxylic acids is 1. The van der Waals surface area contributed by atoms with E-state index in [1.54, 1.807) is 0 Å². The zero-order valence-electron chi connectivity index (χ0n) is 11.1. The fourth-order valence-corrected chi connectivity index (χ4v) is 1.63. The molecule has 1 amide bonds. The van der Waals surface area contributed by atoms with Crippen LogP contribution in [0.1, 0.15) is 34.3 Å². The standard InChI is InChI=1S/C11H18N6O3/c1-5-8(11(19)20)16-10(17-9(5)14)6(4-7(13)18)15-3-2-12/h6,15H,2-4,12H2,1H3,(H2,13,18)(H,19,20)(H2,14,16,17)/t6-/m0/s1. The number of carboxylic acids is 1. The number of nitrogens with one attached hydrogen (secondary N) is 1. The Labute approximate surface area is 115 Å². The second kappa shape index (κ2) is 6.78. The third-order valence-corrected chi connectivity index (χ3v) is 2.66. The van der Waals surface area contributed by atoms with E-state index in [2.05, 4.69) is 15.3 Å². The number of hydrogen-bond acceptors (Lipinski definition) is 7. The van der Waals surface area contributed by atoms with Gasteiger partial charge in [-0.1, -0.05) is 0 Å². The number of rotatable bonds is 7. The zero-order valence-corrected chi connectivity index (χ0v) is 11.1. The van der Waals surface area contributed by atoms with Crippen LogP contribution in [0.15, 0.2) is 0 Å². The lowest BCUT2D eigenvalue weighted by Crippen LogP contribution is -2.32. The molecule has 0 fully saturated rings. The highest BCUT2D eigenvalue weighted by Crippen LogP contribution is 2.18. The van der Waals surface area contributed by atoms with Crippen molar-refractivity contribution in [3.8, 4) is 0 Å². The number of primary amides is 1. The van der Waals surface area contributed by atoms with Gasteiger partial charge in [0.2, 0.25) is 5.91 Å². The van der Waals surface area contributed by atoms with E-state index < -0.39 is 17.9 Å². The number of anilines is 1. The van der Waals surface area contributed by atoms with Crippen LogP contribution in [0, 0.1) is 6.92 Å². The third-order valence-electron chi connectivity index (χ3n) is 2.66. The second-order valence-corrected chi connectivity index (χ2v) is 4.21. The van der Waals surface area contributed by atoms with Gasteiger partial charge in [0.25, 0.3) is 0 Å². The summed E-state index contributed by atoms with van der Waals surface area (Å²) in [6.07, 6.45) is -0.0818. The largest absolute Gasteiger partial charge is 0.476 e. The minimum absolute atomic E-state index is 0.0522. The highest BCUT2D eigenvalue weighted by Gasteiger charge is 2.21. The minimum atomic E-state index is -1.21. The summed E-state index contributed by atoms with van der Waals surface area (Å²) in [7, 11) is 0. The van der Waals surface area contributed by atoms with Crippen molar-refractivity contribution in [1.82, 2.24) is 15.3 Å². The summed E-state index contributed by atoms with van der Waals surface area (Å²) in [5, 5.41) is 12.0. The molecule has 1 aromatic rings. The van der Waals surface area contributed by atoms with Gasteiger partial charge in [0.1, 0.15) is 11.6 Å². The smallest absolute Gasteiger partial charge is 0.354 e. The minimum Gasteiger partial charge on any atom is -0.476 e. The van der Waals surface area contributed by atoms with Crippen LogP contribution < -0.4 is 22.5 Å². The Balaban J connectivity index is 3.18. The molecule has 1 rings (SSSR count). The van der Waals surface area contributed by atoms with Crippen molar-refractivity contribution >= 4 is 17.7 Å². The lowest BCUT2D eigenvalue weighted by molar-refractivity contribution is -0.118. The molecule has 20 heavy (non-hydrogen) atoms. The van der Waals surface area contributed by atoms with Gasteiger partial charge in [-0.05, 0) is 6.92 Å².